The second-order valence-electron chi connectivity index (χ2n) is 5.11. The Morgan fingerprint density at radius 3 is 3.00 bits per heavy atom. The van der Waals surface area contributed by atoms with E-state index in [4.69, 9.17) is 5.26 Å². The summed E-state index contributed by atoms with van der Waals surface area (Å²) in [5.41, 5.74) is 2.15. The molecule has 0 N–H and O–H groups in total. The van der Waals surface area contributed by atoms with Crippen LogP contribution in [0.2, 0.25) is 0 Å². The van der Waals surface area contributed by atoms with E-state index < -0.39 is 0 Å². The van der Waals surface area contributed by atoms with E-state index in [0.29, 0.717) is 19.5 Å². The summed E-state index contributed by atoms with van der Waals surface area (Å²) in [5.74, 6) is -0.0575. The normalized spacial score (nSPS) is 18.4. The third-order valence-corrected chi connectivity index (χ3v) is 3.76. The fourth-order valence-corrected chi connectivity index (χ4v) is 2.70. The molecule has 2 aromatic rings. The molecule has 0 saturated carbocycles. The van der Waals surface area contributed by atoms with Gasteiger partial charge in [-0.25, -0.2) is 0 Å². The number of hydrogen-bond acceptors (Lipinski definition) is 3. The highest BCUT2D eigenvalue weighted by Crippen LogP contribution is 2.20. The average molecular weight is 265 g/mol. The number of likely N-dealkylation sites (tertiary alicyclic amines) is 1. The fraction of sp³-hybridized carbons (Fsp3) is 0.312. The number of rotatable bonds is 3. The zero-order valence-electron chi connectivity index (χ0n) is 11.1. The lowest BCUT2D eigenvalue weighted by atomic mass is 10.1. The Hall–Kier alpha value is -2.41. The predicted octanol–water partition coefficient (Wildman–Crippen LogP) is 2.15. The van der Waals surface area contributed by atoms with Crippen LogP contribution in [0, 0.1) is 17.2 Å². The van der Waals surface area contributed by atoms with E-state index in [1.165, 1.54) is 0 Å². The van der Waals surface area contributed by atoms with Gasteiger partial charge in [0.25, 0.3) is 0 Å². The number of amides is 1. The molecule has 1 saturated heterocycles. The van der Waals surface area contributed by atoms with Crippen molar-refractivity contribution in [2.24, 2.45) is 5.92 Å². The smallest absolute Gasteiger partial charge is 0.224 e. The monoisotopic (exact) mass is 265 g/mol. The maximum absolute atomic E-state index is 11.8. The summed E-state index contributed by atoms with van der Waals surface area (Å²) in [4.78, 5) is 18.0. The number of hydrogen-bond donors (Lipinski definition) is 0. The van der Waals surface area contributed by atoms with Crippen LogP contribution in [0.4, 0.5) is 0 Å². The molecule has 4 nitrogen and oxygen atoms in total. The number of aromatic nitrogens is 1. The van der Waals surface area contributed by atoms with E-state index in [9.17, 15) is 4.79 Å². The summed E-state index contributed by atoms with van der Waals surface area (Å²) < 4.78 is 0. The van der Waals surface area contributed by atoms with E-state index in [1.54, 1.807) is 11.1 Å². The molecule has 1 aliphatic heterocycles. The first-order chi connectivity index (χ1) is 9.78. The number of fused-ring (bicyclic) bond motifs is 1. The first kappa shape index (κ1) is 12.6. The van der Waals surface area contributed by atoms with Gasteiger partial charge in [-0.1, -0.05) is 24.3 Å². The number of nitriles is 1. The largest absolute Gasteiger partial charge is 0.341 e. The van der Waals surface area contributed by atoms with Crippen LogP contribution in [0.15, 0.2) is 36.5 Å². The van der Waals surface area contributed by atoms with E-state index >= 15 is 0 Å². The van der Waals surface area contributed by atoms with Crippen LogP contribution in [-0.2, 0) is 11.2 Å². The molecule has 100 valence electrons. The lowest BCUT2D eigenvalue weighted by Gasteiger charge is -2.16. The van der Waals surface area contributed by atoms with Crippen molar-refractivity contribution in [1.29, 1.82) is 5.26 Å². The third-order valence-electron chi connectivity index (χ3n) is 3.76. The maximum Gasteiger partial charge on any atom is 0.224 e. The molecule has 1 fully saturated rings. The first-order valence-corrected chi connectivity index (χ1v) is 6.78. The van der Waals surface area contributed by atoms with Gasteiger partial charge in [-0.3, -0.25) is 9.78 Å². The summed E-state index contributed by atoms with van der Waals surface area (Å²) in [5, 5.41) is 10.0. The lowest BCUT2D eigenvalue weighted by molar-refractivity contribution is -0.127. The van der Waals surface area contributed by atoms with Crippen molar-refractivity contribution in [1.82, 2.24) is 9.88 Å². The number of carbonyl (C=O) groups excluding carboxylic acids is 1. The Morgan fingerprint density at radius 1 is 1.35 bits per heavy atom. The number of carbonyl (C=O) groups is 1. The van der Waals surface area contributed by atoms with E-state index in [1.807, 2.05) is 24.3 Å². The summed E-state index contributed by atoms with van der Waals surface area (Å²) in [7, 11) is 0. The average Bonchev–Trinajstić information content (AvgIpc) is 2.85. The molecule has 1 amide bonds. The van der Waals surface area contributed by atoms with Crippen molar-refractivity contribution in [2.75, 3.05) is 13.1 Å². The van der Waals surface area contributed by atoms with Crippen molar-refractivity contribution in [2.45, 2.75) is 12.8 Å². The van der Waals surface area contributed by atoms with Gasteiger partial charge in [0.1, 0.15) is 0 Å². The van der Waals surface area contributed by atoms with Crippen LogP contribution in [0.1, 0.15) is 12.0 Å². The van der Waals surface area contributed by atoms with Gasteiger partial charge in [-0.2, -0.15) is 5.26 Å². The molecular weight excluding hydrogens is 250 g/mol. The Balaban J connectivity index is 1.75. The zero-order valence-corrected chi connectivity index (χ0v) is 11.1. The molecule has 4 heteroatoms. The molecular formula is C16H15N3O. The minimum absolute atomic E-state index is 0.0877. The van der Waals surface area contributed by atoms with Crippen molar-refractivity contribution in [3.05, 3.63) is 42.1 Å². The molecule has 1 aliphatic rings. The van der Waals surface area contributed by atoms with Gasteiger partial charge in [0.15, 0.2) is 0 Å². The maximum atomic E-state index is 11.8. The second kappa shape index (κ2) is 5.30. The quantitative estimate of drug-likeness (QED) is 0.854. The standard InChI is InChI=1S/C16H15N3O/c17-10-12-9-15(20)19(11-12)8-6-14-4-1-3-13-5-2-7-18-16(13)14/h1-5,7,12H,6,8-9,11H2. The van der Waals surface area contributed by atoms with E-state index in [-0.39, 0.29) is 11.8 Å². The molecule has 2 heterocycles. The van der Waals surface area contributed by atoms with Gasteiger partial charge in [0, 0.05) is 31.1 Å². The topological polar surface area (TPSA) is 57.0 Å². The van der Waals surface area contributed by atoms with Crippen LogP contribution in [0.25, 0.3) is 10.9 Å². The third kappa shape index (κ3) is 2.35. The van der Waals surface area contributed by atoms with Gasteiger partial charge in [0.05, 0.1) is 17.5 Å². The molecule has 1 aromatic carbocycles. The highest BCUT2D eigenvalue weighted by Gasteiger charge is 2.28. The fourth-order valence-electron chi connectivity index (χ4n) is 2.70. The highest BCUT2D eigenvalue weighted by molar-refractivity contribution is 5.82. The second-order valence-corrected chi connectivity index (χ2v) is 5.11. The van der Waals surface area contributed by atoms with Crippen LogP contribution in [-0.4, -0.2) is 28.9 Å². The zero-order chi connectivity index (χ0) is 13.9. The molecule has 1 atom stereocenters. The number of benzene rings is 1. The Morgan fingerprint density at radius 2 is 2.20 bits per heavy atom. The molecule has 0 spiro atoms. The number of pyridine rings is 1. The van der Waals surface area contributed by atoms with Gasteiger partial charge in [-0.05, 0) is 18.1 Å². The molecule has 0 aliphatic carbocycles. The number of nitrogens with zero attached hydrogens (tertiary/aromatic N) is 3. The summed E-state index contributed by atoms with van der Waals surface area (Å²) in [6, 6.07) is 12.3. The molecule has 20 heavy (non-hydrogen) atoms. The van der Waals surface area contributed by atoms with Crippen molar-refractivity contribution < 1.29 is 4.79 Å². The van der Waals surface area contributed by atoms with E-state index in [0.717, 1.165) is 22.9 Å². The van der Waals surface area contributed by atoms with Gasteiger partial charge < -0.3 is 4.90 Å². The summed E-state index contributed by atoms with van der Waals surface area (Å²) >= 11 is 0. The van der Waals surface area contributed by atoms with E-state index in [2.05, 4.69) is 17.1 Å². The van der Waals surface area contributed by atoms with Gasteiger partial charge in [0.2, 0.25) is 5.91 Å². The van der Waals surface area contributed by atoms with Crippen LogP contribution in [0.5, 0.6) is 0 Å². The van der Waals surface area contributed by atoms with Crippen LogP contribution >= 0.6 is 0 Å². The highest BCUT2D eigenvalue weighted by atomic mass is 16.2. The van der Waals surface area contributed by atoms with Gasteiger partial charge >= 0.3 is 0 Å². The SMILES string of the molecule is N#CC1CC(=O)N(CCc2cccc3cccnc23)C1. The van der Waals surface area contributed by atoms with Crippen LogP contribution < -0.4 is 0 Å². The lowest BCUT2D eigenvalue weighted by Crippen LogP contribution is -2.27. The van der Waals surface area contributed by atoms with Gasteiger partial charge in [-0.15, -0.1) is 0 Å². The Bertz CT molecular complexity index is 684. The summed E-state index contributed by atoms with van der Waals surface area (Å²) in [6.45, 7) is 1.22. The molecule has 1 unspecified atom stereocenters. The molecule has 3 rings (SSSR count). The molecule has 1 aromatic heterocycles. The summed E-state index contributed by atoms with van der Waals surface area (Å²) in [6.07, 6.45) is 2.93. The minimum atomic E-state index is -0.145. The first-order valence-electron chi connectivity index (χ1n) is 6.78. The van der Waals surface area contributed by atoms with Crippen molar-refractivity contribution in [3.8, 4) is 6.07 Å². The molecule has 0 radical (unpaired) electrons. The predicted molar refractivity (Wildman–Crippen MR) is 75.7 cm³/mol. The Labute approximate surface area is 117 Å². The van der Waals surface area contributed by atoms with Crippen molar-refractivity contribution >= 4 is 16.8 Å². The minimum Gasteiger partial charge on any atom is -0.341 e. The Kier molecular flexibility index (Phi) is 3.34. The van der Waals surface area contributed by atoms with Crippen molar-refractivity contribution in [3.63, 3.8) is 0 Å². The van der Waals surface area contributed by atoms with Crippen LogP contribution in [0.3, 0.4) is 0 Å². The molecule has 0 bridgehead atoms. The number of para-hydroxylation sites is 1.